The highest BCUT2D eigenvalue weighted by atomic mass is 16.4. The van der Waals surface area contributed by atoms with Crippen molar-refractivity contribution in [3.63, 3.8) is 0 Å². The number of aliphatic carboxylic acids is 1. The standard InChI is InChI=1S/C12H10N2O3/c1-7-14-9-5-8(3-4-10(9)17-7)12(2,6-13)11(15)16/h3-5H,1-2H3,(H,15,16). The third-order valence-electron chi connectivity index (χ3n) is 2.72. The molecular formula is C12H10N2O3. The van der Waals surface area contributed by atoms with Crippen molar-refractivity contribution in [2.45, 2.75) is 19.3 Å². The van der Waals surface area contributed by atoms with Crippen LogP contribution < -0.4 is 0 Å². The zero-order chi connectivity index (χ0) is 12.6. The second kappa shape index (κ2) is 3.59. The van der Waals surface area contributed by atoms with Gasteiger partial charge in [-0.15, -0.1) is 0 Å². The summed E-state index contributed by atoms with van der Waals surface area (Å²) in [5, 5.41) is 18.1. The van der Waals surface area contributed by atoms with Crippen LogP contribution in [0.3, 0.4) is 0 Å². The summed E-state index contributed by atoms with van der Waals surface area (Å²) in [6, 6.07) is 6.58. The van der Waals surface area contributed by atoms with Gasteiger partial charge in [0.1, 0.15) is 5.52 Å². The summed E-state index contributed by atoms with van der Waals surface area (Å²) in [7, 11) is 0. The number of aryl methyl sites for hydroxylation is 1. The molecule has 1 aromatic carbocycles. The second-order valence-corrected chi connectivity index (χ2v) is 3.96. The van der Waals surface area contributed by atoms with Gasteiger partial charge in [0.25, 0.3) is 0 Å². The fourth-order valence-corrected chi connectivity index (χ4v) is 1.59. The maximum atomic E-state index is 11.1. The lowest BCUT2D eigenvalue weighted by molar-refractivity contribution is -0.140. The Morgan fingerprint density at radius 2 is 2.29 bits per heavy atom. The number of nitrogens with zero attached hydrogens (tertiary/aromatic N) is 2. The number of hydrogen-bond donors (Lipinski definition) is 1. The van der Waals surface area contributed by atoms with Crippen LogP contribution in [0.4, 0.5) is 0 Å². The first-order chi connectivity index (χ1) is 7.97. The predicted octanol–water partition coefficient (Wildman–Crippen LogP) is 2.00. The summed E-state index contributed by atoms with van der Waals surface area (Å²) in [5.41, 5.74) is -0.0333. The molecule has 5 heteroatoms. The minimum atomic E-state index is -1.57. The number of oxazole rings is 1. The second-order valence-electron chi connectivity index (χ2n) is 3.96. The molecule has 1 heterocycles. The van der Waals surface area contributed by atoms with Gasteiger partial charge in [-0.25, -0.2) is 4.98 Å². The van der Waals surface area contributed by atoms with Crippen molar-refractivity contribution in [3.05, 3.63) is 29.7 Å². The Morgan fingerprint density at radius 3 is 2.88 bits per heavy atom. The Balaban J connectivity index is 2.64. The van der Waals surface area contributed by atoms with Gasteiger partial charge in [0.2, 0.25) is 0 Å². The normalized spacial score (nSPS) is 14.2. The maximum Gasteiger partial charge on any atom is 0.328 e. The zero-order valence-corrected chi connectivity index (χ0v) is 9.39. The molecule has 1 aromatic heterocycles. The van der Waals surface area contributed by atoms with Gasteiger partial charge in [-0.2, -0.15) is 5.26 Å². The highest BCUT2D eigenvalue weighted by Crippen LogP contribution is 2.27. The number of carboxylic acids is 1. The minimum Gasteiger partial charge on any atom is -0.480 e. The van der Waals surface area contributed by atoms with Crippen molar-refractivity contribution < 1.29 is 14.3 Å². The Morgan fingerprint density at radius 1 is 1.59 bits per heavy atom. The Hall–Kier alpha value is -2.35. The quantitative estimate of drug-likeness (QED) is 0.852. The van der Waals surface area contributed by atoms with Crippen LogP contribution in [-0.2, 0) is 10.2 Å². The van der Waals surface area contributed by atoms with E-state index in [0.29, 0.717) is 22.6 Å². The Labute approximate surface area is 97.3 Å². The van der Waals surface area contributed by atoms with Crippen LogP contribution in [0, 0.1) is 18.3 Å². The molecule has 1 unspecified atom stereocenters. The third-order valence-corrected chi connectivity index (χ3v) is 2.72. The van der Waals surface area contributed by atoms with Gasteiger partial charge in [0.15, 0.2) is 16.9 Å². The molecule has 0 aliphatic carbocycles. The molecule has 2 rings (SSSR count). The van der Waals surface area contributed by atoms with Crippen molar-refractivity contribution in [2.75, 3.05) is 0 Å². The number of nitriles is 1. The van der Waals surface area contributed by atoms with Gasteiger partial charge >= 0.3 is 5.97 Å². The smallest absolute Gasteiger partial charge is 0.328 e. The number of carbonyl (C=O) groups is 1. The number of fused-ring (bicyclic) bond motifs is 1. The molecule has 0 amide bonds. The van der Waals surface area contributed by atoms with E-state index < -0.39 is 11.4 Å². The maximum absolute atomic E-state index is 11.1. The molecule has 0 fully saturated rings. The van der Waals surface area contributed by atoms with Gasteiger partial charge in [-0.05, 0) is 24.6 Å². The first-order valence-corrected chi connectivity index (χ1v) is 4.99. The number of carboxylic acid groups (broad SMARTS) is 1. The fourth-order valence-electron chi connectivity index (χ4n) is 1.59. The van der Waals surface area contributed by atoms with Crippen LogP contribution in [0.1, 0.15) is 18.4 Å². The minimum absolute atomic E-state index is 0.397. The lowest BCUT2D eigenvalue weighted by Crippen LogP contribution is -2.30. The van der Waals surface area contributed by atoms with Crippen LogP contribution in [0.5, 0.6) is 0 Å². The topological polar surface area (TPSA) is 87.1 Å². The monoisotopic (exact) mass is 230 g/mol. The van der Waals surface area contributed by atoms with Gasteiger partial charge in [0, 0.05) is 6.92 Å². The first kappa shape index (κ1) is 11.1. The van der Waals surface area contributed by atoms with Crippen LogP contribution >= 0.6 is 0 Å². The molecule has 0 aliphatic heterocycles. The van der Waals surface area contributed by atoms with Crippen LogP contribution in [-0.4, -0.2) is 16.1 Å². The largest absolute Gasteiger partial charge is 0.480 e. The highest BCUT2D eigenvalue weighted by Gasteiger charge is 2.35. The van der Waals surface area contributed by atoms with Gasteiger partial charge < -0.3 is 9.52 Å². The fraction of sp³-hybridized carbons (Fsp3) is 0.250. The van der Waals surface area contributed by atoms with E-state index in [1.54, 1.807) is 25.1 Å². The Kier molecular flexibility index (Phi) is 2.36. The molecule has 0 bridgehead atoms. The van der Waals surface area contributed by atoms with Crippen molar-refractivity contribution >= 4 is 17.1 Å². The molecule has 1 atom stereocenters. The molecule has 2 aromatic rings. The molecule has 17 heavy (non-hydrogen) atoms. The highest BCUT2D eigenvalue weighted by molar-refractivity contribution is 5.86. The van der Waals surface area contributed by atoms with Crippen molar-refractivity contribution in [2.24, 2.45) is 0 Å². The molecule has 0 saturated carbocycles. The average molecular weight is 230 g/mol. The molecule has 0 aliphatic rings. The van der Waals surface area contributed by atoms with Gasteiger partial charge in [-0.1, -0.05) is 6.07 Å². The van der Waals surface area contributed by atoms with E-state index >= 15 is 0 Å². The summed E-state index contributed by atoms with van der Waals surface area (Å²) in [6.45, 7) is 3.07. The van der Waals surface area contributed by atoms with Crippen LogP contribution in [0.15, 0.2) is 22.6 Å². The summed E-state index contributed by atoms with van der Waals surface area (Å²) in [4.78, 5) is 15.2. The number of benzene rings is 1. The van der Waals surface area contributed by atoms with Gasteiger partial charge in [-0.3, -0.25) is 4.79 Å². The van der Waals surface area contributed by atoms with Crippen molar-refractivity contribution in [1.82, 2.24) is 4.98 Å². The first-order valence-electron chi connectivity index (χ1n) is 4.99. The lowest BCUT2D eigenvalue weighted by Gasteiger charge is -2.15. The SMILES string of the molecule is Cc1nc2cc(C(C)(C#N)C(=O)O)ccc2o1. The van der Waals surface area contributed by atoms with E-state index in [0.717, 1.165) is 0 Å². The van der Waals surface area contributed by atoms with Crippen molar-refractivity contribution in [1.29, 1.82) is 5.26 Å². The molecule has 0 spiro atoms. The van der Waals surface area contributed by atoms with Crippen molar-refractivity contribution in [3.8, 4) is 6.07 Å². The summed E-state index contributed by atoms with van der Waals surface area (Å²) in [5.74, 6) is -0.675. The molecule has 86 valence electrons. The van der Waals surface area contributed by atoms with E-state index in [4.69, 9.17) is 14.8 Å². The van der Waals surface area contributed by atoms with Crippen LogP contribution in [0.25, 0.3) is 11.1 Å². The Bertz CT molecular complexity index is 639. The van der Waals surface area contributed by atoms with E-state index in [2.05, 4.69) is 4.98 Å². The summed E-state index contributed by atoms with van der Waals surface area (Å²) >= 11 is 0. The zero-order valence-electron chi connectivity index (χ0n) is 9.39. The molecule has 1 N–H and O–H groups in total. The molecular weight excluding hydrogens is 220 g/mol. The van der Waals surface area contributed by atoms with E-state index in [9.17, 15) is 4.79 Å². The third kappa shape index (κ3) is 1.64. The van der Waals surface area contributed by atoms with E-state index in [1.807, 2.05) is 6.07 Å². The number of hydrogen-bond acceptors (Lipinski definition) is 4. The molecule has 0 radical (unpaired) electrons. The number of aromatic nitrogens is 1. The average Bonchev–Trinajstić information content (AvgIpc) is 2.66. The van der Waals surface area contributed by atoms with E-state index in [1.165, 1.54) is 6.92 Å². The molecule has 5 nitrogen and oxygen atoms in total. The summed E-state index contributed by atoms with van der Waals surface area (Å²) in [6.07, 6.45) is 0. The molecule has 0 saturated heterocycles. The lowest BCUT2D eigenvalue weighted by atomic mass is 9.84. The predicted molar refractivity (Wildman–Crippen MR) is 59.3 cm³/mol. The van der Waals surface area contributed by atoms with Gasteiger partial charge in [0.05, 0.1) is 6.07 Å². The van der Waals surface area contributed by atoms with Crippen LogP contribution in [0.2, 0.25) is 0 Å². The van der Waals surface area contributed by atoms with E-state index in [-0.39, 0.29) is 0 Å². The summed E-state index contributed by atoms with van der Waals surface area (Å²) < 4.78 is 5.29. The number of rotatable bonds is 2.